The van der Waals surface area contributed by atoms with Gasteiger partial charge in [0.25, 0.3) is 5.56 Å². The molecule has 0 radical (unpaired) electrons. The molecule has 2 rings (SSSR count). The zero-order valence-electron chi connectivity index (χ0n) is 14.6. The highest BCUT2D eigenvalue weighted by molar-refractivity contribution is 6.30. The molecule has 24 heavy (non-hydrogen) atoms. The van der Waals surface area contributed by atoms with Crippen LogP contribution in [-0.4, -0.2) is 34.9 Å². The summed E-state index contributed by atoms with van der Waals surface area (Å²) >= 11 is 5.84. The van der Waals surface area contributed by atoms with E-state index >= 15 is 0 Å². The number of likely N-dealkylation sites (N-methyl/N-ethyl adjacent to an activating group) is 1. The second-order valence-electron chi connectivity index (χ2n) is 6.83. The van der Waals surface area contributed by atoms with Crippen LogP contribution in [0.3, 0.4) is 0 Å². The van der Waals surface area contributed by atoms with Gasteiger partial charge in [-0.25, -0.2) is 4.68 Å². The van der Waals surface area contributed by atoms with Gasteiger partial charge in [0.15, 0.2) is 0 Å². The number of ether oxygens (including phenoxy) is 1. The summed E-state index contributed by atoms with van der Waals surface area (Å²) in [5, 5.41) is 5.15. The van der Waals surface area contributed by atoms with Crippen molar-refractivity contribution in [3.8, 4) is 5.75 Å². The zero-order valence-corrected chi connectivity index (χ0v) is 15.4. The van der Waals surface area contributed by atoms with Crippen molar-refractivity contribution in [2.45, 2.75) is 32.9 Å². The van der Waals surface area contributed by atoms with Crippen LogP contribution in [0.2, 0.25) is 5.02 Å². The summed E-state index contributed by atoms with van der Waals surface area (Å²) in [4.78, 5) is 14.0. The fourth-order valence-electron chi connectivity index (χ4n) is 2.10. The summed E-state index contributed by atoms with van der Waals surface area (Å²) in [7, 11) is 1.93. The summed E-state index contributed by atoms with van der Waals surface area (Å²) in [5.74, 6) is 0.776. The first-order valence-corrected chi connectivity index (χ1v) is 8.29. The van der Waals surface area contributed by atoms with Crippen molar-refractivity contribution in [3.05, 3.63) is 57.5 Å². The monoisotopic (exact) mass is 349 g/mol. The van der Waals surface area contributed by atoms with Crippen molar-refractivity contribution >= 4 is 11.6 Å². The molecule has 0 saturated carbocycles. The Morgan fingerprint density at radius 3 is 2.46 bits per heavy atom. The maximum Gasteiger partial charge on any atom is 0.267 e. The normalized spacial score (nSPS) is 11.8. The smallest absolute Gasteiger partial charge is 0.267 e. The minimum absolute atomic E-state index is 0.0916. The molecule has 0 saturated heterocycles. The third-order valence-corrected chi connectivity index (χ3v) is 3.82. The van der Waals surface area contributed by atoms with Gasteiger partial charge in [-0.15, -0.1) is 0 Å². The topological polar surface area (TPSA) is 47.4 Å². The molecule has 0 atom stereocenters. The molecule has 0 aliphatic carbocycles. The SMILES string of the molecule is CN(CCOc1ccc(Cl)cc1)Cn1nc(C(C)(C)C)ccc1=O. The molecule has 0 aliphatic rings. The van der Waals surface area contributed by atoms with Crippen LogP contribution < -0.4 is 10.3 Å². The first-order chi connectivity index (χ1) is 11.3. The van der Waals surface area contributed by atoms with Gasteiger partial charge in [-0.05, 0) is 37.4 Å². The molecule has 0 spiro atoms. The quantitative estimate of drug-likeness (QED) is 0.803. The first kappa shape index (κ1) is 18.5. The molecular weight excluding hydrogens is 326 g/mol. The van der Waals surface area contributed by atoms with E-state index in [1.54, 1.807) is 24.3 Å². The molecule has 5 nitrogen and oxygen atoms in total. The molecular formula is C18H24ClN3O2. The predicted molar refractivity (Wildman–Crippen MR) is 96.8 cm³/mol. The standard InChI is InChI=1S/C18H24ClN3O2/c1-18(2,3)16-9-10-17(23)22(20-16)13-21(4)11-12-24-15-7-5-14(19)6-8-15/h5-10H,11-13H2,1-4H3. The van der Waals surface area contributed by atoms with E-state index in [-0.39, 0.29) is 11.0 Å². The lowest BCUT2D eigenvalue weighted by Crippen LogP contribution is -2.35. The molecule has 0 fully saturated rings. The van der Waals surface area contributed by atoms with Crippen molar-refractivity contribution in [2.75, 3.05) is 20.2 Å². The van der Waals surface area contributed by atoms with E-state index in [1.807, 2.05) is 24.1 Å². The van der Waals surface area contributed by atoms with E-state index in [1.165, 1.54) is 4.68 Å². The molecule has 0 N–H and O–H groups in total. The van der Waals surface area contributed by atoms with Gasteiger partial charge in [-0.1, -0.05) is 32.4 Å². The van der Waals surface area contributed by atoms with Gasteiger partial charge in [0.1, 0.15) is 12.4 Å². The number of hydrogen-bond acceptors (Lipinski definition) is 4. The average molecular weight is 350 g/mol. The largest absolute Gasteiger partial charge is 0.492 e. The van der Waals surface area contributed by atoms with Crippen molar-refractivity contribution in [1.82, 2.24) is 14.7 Å². The van der Waals surface area contributed by atoms with E-state index in [9.17, 15) is 4.79 Å². The van der Waals surface area contributed by atoms with Crippen LogP contribution in [0, 0.1) is 0 Å². The molecule has 130 valence electrons. The van der Waals surface area contributed by atoms with Gasteiger partial charge >= 0.3 is 0 Å². The van der Waals surface area contributed by atoms with E-state index in [2.05, 4.69) is 25.9 Å². The minimum atomic E-state index is -0.103. The van der Waals surface area contributed by atoms with Crippen LogP contribution in [0.25, 0.3) is 0 Å². The molecule has 1 aromatic carbocycles. The molecule has 0 amide bonds. The molecule has 0 unspecified atom stereocenters. The molecule has 1 heterocycles. The number of hydrogen-bond donors (Lipinski definition) is 0. The number of rotatable bonds is 6. The summed E-state index contributed by atoms with van der Waals surface area (Å²) in [6.07, 6.45) is 0. The third kappa shape index (κ3) is 5.35. The molecule has 0 aliphatic heterocycles. The van der Waals surface area contributed by atoms with Crippen LogP contribution in [0.1, 0.15) is 26.5 Å². The van der Waals surface area contributed by atoms with Crippen molar-refractivity contribution in [3.63, 3.8) is 0 Å². The maximum atomic E-state index is 12.0. The maximum absolute atomic E-state index is 12.0. The Bertz CT molecular complexity index is 720. The van der Waals surface area contributed by atoms with Gasteiger partial charge in [-0.2, -0.15) is 5.10 Å². The third-order valence-electron chi connectivity index (χ3n) is 3.57. The molecule has 2 aromatic rings. The van der Waals surface area contributed by atoms with E-state index in [0.29, 0.717) is 24.8 Å². The van der Waals surface area contributed by atoms with Crippen LogP contribution in [0.4, 0.5) is 0 Å². The Morgan fingerprint density at radius 1 is 1.17 bits per heavy atom. The minimum Gasteiger partial charge on any atom is -0.492 e. The van der Waals surface area contributed by atoms with Crippen molar-refractivity contribution < 1.29 is 4.74 Å². The van der Waals surface area contributed by atoms with Gasteiger partial charge < -0.3 is 4.74 Å². The van der Waals surface area contributed by atoms with Gasteiger partial charge in [0, 0.05) is 23.0 Å². The Balaban J connectivity index is 1.91. The van der Waals surface area contributed by atoms with Gasteiger partial charge in [0.05, 0.1) is 12.4 Å². The Morgan fingerprint density at radius 2 is 1.83 bits per heavy atom. The molecule has 0 bridgehead atoms. The Kier molecular flexibility index (Phi) is 6.02. The van der Waals surface area contributed by atoms with Crippen LogP contribution in [0.15, 0.2) is 41.2 Å². The predicted octanol–water partition coefficient (Wildman–Crippen LogP) is 3.16. The number of halogens is 1. The highest BCUT2D eigenvalue weighted by atomic mass is 35.5. The van der Waals surface area contributed by atoms with Crippen molar-refractivity contribution in [1.29, 1.82) is 0 Å². The lowest BCUT2D eigenvalue weighted by molar-refractivity contribution is 0.194. The fraction of sp³-hybridized carbons (Fsp3) is 0.444. The highest BCUT2D eigenvalue weighted by Gasteiger charge is 2.16. The Hall–Kier alpha value is -1.85. The van der Waals surface area contributed by atoms with Gasteiger partial charge in [0.2, 0.25) is 0 Å². The van der Waals surface area contributed by atoms with Crippen molar-refractivity contribution in [2.24, 2.45) is 0 Å². The summed E-state index contributed by atoms with van der Waals surface area (Å²) in [6, 6.07) is 10.6. The highest BCUT2D eigenvalue weighted by Crippen LogP contribution is 2.18. The number of benzene rings is 1. The van der Waals surface area contributed by atoms with E-state index in [4.69, 9.17) is 16.3 Å². The summed E-state index contributed by atoms with van der Waals surface area (Å²) in [6.45, 7) is 7.85. The lowest BCUT2D eigenvalue weighted by Gasteiger charge is -2.21. The van der Waals surface area contributed by atoms with E-state index < -0.39 is 0 Å². The summed E-state index contributed by atoms with van der Waals surface area (Å²) < 4.78 is 7.16. The second kappa shape index (κ2) is 7.81. The number of nitrogens with zero attached hydrogens (tertiary/aromatic N) is 3. The van der Waals surface area contributed by atoms with Crippen LogP contribution >= 0.6 is 11.6 Å². The average Bonchev–Trinajstić information content (AvgIpc) is 2.50. The van der Waals surface area contributed by atoms with Crippen LogP contribution in [0.5, 0.6) is 5.75 Å². The van der Waals surface area contributed by atoms with E-state index in [0.717, 1.165) is 11.4 Å². The molecule has 6 heteroatoms. The fourth-order valence-corrected chi connectivity index (χ4v) is 2.23. The first-order valence-electron chi connectivity index (χ1n) is 7.91. The second-order valence-corrected chi connectivity index (χ2v) is 7.27. The van der Waals surface area contributed by atoms with Gasteiger partial charge in [-0.3, -0.25) is 9.69 Å². The Labute approximate surface area is 147 Å². The number of aromatic nitrogens is 2. The molecule has 1 aromatic heterocycles. The van der Waals surface area contributed by atoms with Crippen LogP contribution in [-0.2, 0) is 12.1 Å². The zero-order chi connectivity index (χ0) is 17.7. The summed E-state index contributed by atoms with van der Waals surface area (Å²) in [5.41, 5.74) is 0.701. The lowest BCUT2D eigenvalue weighted by atomic mass is 9.92.